The summed E-state index contributed by atoms with van der Waals surface area (Å²) in [4.78, 5) is 20.0. The number of nitrogens with one attached hydrogen (secondary N) is 1. The second kappa shape index (κ2) is 6.01. The van der Waals surface area contributed by atoms with E-state index in [9.17, 15) is 4.79 Å². The molecule has 1 aromatic carbocycles. The molecule has 0 unspecified atom stereocenters. The Bertz CT molecular complexity index is 612. The van der Waals surface area contributed by atoms with Crippen molar-refractivity contribution >= 4 is 11.6 Å². The maximum Gasteiger partial charge on any atom is 0.275 e. The summed E-state index contributed by atoms with van der Waals surface area (Å²) in [7, 11) is 3.09. The quantitative estimate of drug-likeness (QED) is 0.923. The number of hydrogen-bond donors (Lipinski definition) is 1. The molecule has 0 bridgehead atoms. The van der Waals surface area contributed by atoms with E-state index in [0.29, 0.717) is 17.2 Å². The lowest BCUT2D eigenvalue weighted by atomic mass is 10.2. The van der Waals surface area contributed by atoms with Crippen LogP contribution < -0.4 is 14.8 Å². The number of hydrogen-bond acceptors (Lipinski definition) is 5. The van der Waals surface area contributed by atoms with Gasteiger partial charge in [-0.05, 0) is 19.1 Å². The van der Waals surface area contributed by atoms with Gasteiger partial charge in [-0.1, -0.05) is 0 Å². The Kier molecular flexibility index (Phi) is 4.14. The molecule has 20 heavy (non-hydrogen) atoms. The molecule has 0 saturated carbocycles. The van der Waals surface area contributed by atoms with E-state index in [2.05, 4.69) is 15.3 Å². The fourth-order valence-corrected chi connectivity index (χ4v) is 1.62. The van der Waals surface area contributed by atoms with Crippen LogP contribution in [0.2, 0.25) is 0 Å². The Morgan fingerprint density at radius 2 is 1.85 bits per heavy atom. The number of anilines is 1. The Morgan fingerprint density at radius 3 is 2.45 bits per heavy atom. The second-order valence-electron chi connectivity index (χ2n) is 4.07. The third kappa shape index (κ3) is 3.03. The van der Waals surface area contributed by atoms with Gasteiger partial charge in [0.1, 0.15) is 5.69 Å². The van der Waals surface area contributed by atoms with Crippen LogP contribution in [0.1, 0.15) is 16.2 Å². The Labute approximate surface area is 116 Å². The SMILES string of the molecule is COc1ccc(NC(=O)c2cnc(C)cn2)cc1OC. The number of carbonyl (C=O) groups excluding carboxylic acids is 1. The van der Waals surface area contributed by atoms with Crippen molar-refractivity contribution in [1.29, 1.82) is 0 Å². The molecule has 6 heteroatoms. The van der Waals surface area contributed by atoms with Gasteiger partial charge >= 0.3 is 0 Å². The summed E-state index contributed by atoms with van der Waals surface area (Å²) in [6, 6.07) is 5.12. The molecule has 0 aliphatic heterocycles. The van der Waals surface area contributed by atoms with E-state index in [1.165, 1.54) is 13.3 Å². The van der Waals surface area contributed by atoms with Crippen LogP contribution in [0.3, 0.4) is 0 Å². The molecule has 2 aromatic rings. The van der Waals surface area contributed by atoms with Crippen LogP contribution in [0.4, 0.5) is 5.69 Å². The molecule has 2 rings (SSSR count). The highest BCUT2D eigenvalue weighted by Gasteiger charge is 2.10. The zero-order valence-corrected chi connectivity index (χ0v) is 11.5. The third-order valence-corrected chi connectivity index (χ3v) is 2.65. The summed E-state index contributed by atoms with van der Waals surface area (Å²) in [6.45, 7) is 1.81. The second-order valence-corrected chi connectivity index (χ2v) is 4.07. The van der Waals surface area contributed by atoms with E-state index >= 15 is 0 Å². The highest BCUT2D eigenvalue weighted by Crippen LogP contribution is 2.29. The van der Waals surface area contributed by atoms with Gasteiger partial charge in [0.2, 0.25) is 0 Å². The predicted octanol–water partition coefficient (Wildman–Crippen LogP) is 2.05. The minimum atomic E-state index is -0.329. The Balaban J connectivity index is 2.17. The van der Waals surface area contributed by atoms with E-state index in [-0.39, 0.29) is 11.6 Å². The van der Waals surface area contributed by atoms with Crippen molar-refractivity contribution in [2.45, 2.75) is 6.92 Å². The molecule has 1 heterocycles. The van der Waals surface area contributed by atoms with Gasteiger partial charge in [0, 0.05) is 18.0 Å². The van der Waals surface area contributed by atoms with E-state index in [4.69, 9.17) is 9.47 Å². The molecule has 1 amide bonds. The van der Waals surface area contributed by atoms with Gasteiger partial charge in [0.15, 0.2) is 11.5 Å². The first kappa shape index (κ1) is 13.8. The van der Waals surface area contributed by atoms with Crippen molar-refractivity contribution in [2.24, 2.45) is 0 Å². The molecular formula is C14H15N3O3. The van der Waals surface area contributed by atoms with Crippen molar-refractivity contribution in [3.8, 4) is 11.5 Å². The first-order valence-electron chi connectivity index (χ1n) is 5.96. The molecule has 104 valence electrons. The number of aromatic nitrogens is 2. The number of benzene rings is 1. The van der Waals surface area contributed by atoms with E-state index < -0.39 is 0 Å². The minimum Gasteiger partial charge on any atom is -0.493 e. The van der Waals surface area contributed by atoms with E-state index in [1.807, 2.05) is 6.92 Å². The number of rotatable bonds is 4. The van der Waals surface area contributed by atoms with Gasteiger partial charge in [-0.15, -0.1) is 0 Å². The van der Waals surface area contributed by atoms with Crippen molar-refractivity contribution in [2.75, 3.05) is 19.5 Å². The molecule has 0 fully saturated rings. The molecule has 0 radical (unpaired) electrons. The lowest BCUT2D eigenvalue weighted by molar-refractivity contribution is 0.102. The van der Waals surface area contributed by atoms with Crippen LogP contribution in [0.25, 0.3) is 0 Å². The summed E-state index contributed by atoms with van der Waals surface area (Å²) in [5.74, 6) is 0.811. The molecule has 0 aliphatic carbocycles. The summed E-state index contributed by atoms with van der Waals surface area (Å²) in [5.41, 5.74) is 1.60. The van der Waals surface area contributed by atoms with Gasteiger partial charge in [0.25, 0.3) is 5.91 Å². The van der Waals surface area contributed by atoms with Crippen LogP contribution in [-0.4, -0.2) is 30.1 Å². The van der Waals surface area contributed by atoms with Crippen LogP contribution >= 0.6 is 0 Å². The van der Waals surface area contributed by atoms with Crippen LogP contribution in [0, 0.1) is 6.92 Å². The largest absolute Gasteiger partial charge is 0.493 e. The molecule has 0 atom stereocenters. The summed E-state index contributed by atoms with van der Waals surface area (Å²) in [5, 5.41) is 2.73. The fourth-order valence-electron chi connectivity index (χ4n) is 1.62. The molecular weight excluding hydrogens is 258 g/mol. The zero-order chi connectivity index (χ0) is 14.5. The Morgan fingerprint density at radius 1 is 1.10 bits per heavy atom. The van der Waals surface area contributed by atoms with Crippen LogP contribution in [0.5, 0.6) is 11.5 Å². The standard InChI is InChI=1S/C14H15N3O3/c1-9-7-16-11(8-15-9)14(18)17-10-4-5-12(19-2)13(6-10)20-3/h4-8H,1-3H3,(H,17,18). The molecule has 6 nitrogen and oxygen atoms in total. The number of amides is 1. The van der Waals surface area contributed by atoms with Crippen molar-refractivity contribution in [3.63, 3.8) is 0 Å². The number of aryl methyl sites for hydroxylation is 1. The zero-order valence-electron chi connectivity index (χ0n) is 11.5. The van der Waals surface area contributed by atoms with Crippen LogP contribution in [0.15, 0.2) is 30.6 Å². The number of carbonyl (C=O) groups is 1. The maximum absolute atomic E-state index is 12.0. The molecule has 0 aliphatic rings. The van der Waals surface area contributed by atoms with Crippen LogP contribution in [-0.2, 0) is 0 Å². The molecule has 0 saturated heterocycles. The smallest absolute Gasteiger partial charge is 0.275 e. The van der Waals surface area contributed by atoms with Gasteiger partial charge in [-0.25, -0.2) is 4.98 Å². The van der Waals surface area contributed by atoms with Gasteiger partial charge in [-0.3, -0.25) is 9.78 Å². The van der Waals surface area contributed by atoms with Crippen molar-refractivity contribution < 1.29 is 14.3 Å². The number of nitrogens with zero attached hydrogens (tertiary/aromatic N) is 2. The first-order chi connectivity index (χ1) is 9.63. The maximum atomic E-state index is 12.0. The highest BCUT2D eigenvalue weighted by atomic mass is 16.5. The third-order valence-electron chi connectivity index (χ3n) is 2.65. The normalized spacial score (nSPS) is 9.95. The first-order valence-corrected chi connectivity index (χ1v) is 5.96. The van der Waals surface area contributed by atoms with Gasteiger partial charge in [-0.2, -0.15) is 0 Å². The molecule has 0 spiro atoms. The lowest BCUT2D eigenvalue weighted by Gasteiger charge is -2.10. The number of ether oxygens (including phenoxy) is 2. The Hall–Kier alpha value is -2.63. The topological polar surface area (TPSA) is 73.3 Å². The van der Waals surface area contributed by atoms with Gasteiger partial charge in [0.05, 0.1) is 26.1 Å². The van der Waals surface area contributed by atoms with E-state index in [1.54, 1.807) is 31.5 Å². The van der Waals surface area contributed by atoms with Crippen molar-refractivity contribution in [1.82, 2.24) is 9.97 Å². The summed E-state index contributed by atoms with van der Waals surface area (Å²) < 4.78 is 10.3. The minimum absolute atomic E-state index is 0.255. The molecule has 1 N–H and O–H groups in total. The average molecular weight is 273 g/mol. The van der Waals surface area contributed by atoms with E-state index in [0.717, 1.165) is 5.69 Å². The number of methoxy groups -OCH3 is 2. The fraction of sp³-hybridized carbons (Fsp3) is 0.214. The van der Waals surface area contributed by atoms with Crippen molar-refractivity contribution in [3.05, 3.63) is 42.0 Å². The lowest BCUT2D eigenvalue weighted by Crippen LogP contribution is -2.14. The van der Waals surface area contributed by atoms with Gasteiger partial charge < -0.3 is 14.8 Å². The average Bonchev–Trinajstić information content (AvgIpc) is 2.47. The highest BCUT2D eigenvalue weighted by molar-refractivity contribution is 6.02. The molecule has 1 aromatic heterocycles. The summed E-state index contributed by atoms with van der Waals surface area (Å²) in [6.07, 6.45) is 2.98. The predicted molar refractivity (Wildman–Crippen MR) is 74.3 cm³/mol. The monoisotopic (exact) mass is 273 g/mol. The summed E-state index contributed by atoms with van der Waals surface area (Å²) >= 11 is 0.